The maximum absolute atomic E-state index is 13.8. The summed E-state index contributed by atoms with van der Waals surface area (Å²) in [4.78, 5) is 17.7. The van der Waals surface area contributed by atoms with Crippen molar-refractivity contribution < 1.29 is 26.7 Å². The average molecular weight is 573 g/mol. The first-order valence-corrected chi connectivity index (χ1v) is 14.7. The van der Waals surface area contributed by atoms with Crippen LogP contribution in [-0.4, -0.2) is 33.8 Å². The lowest BCUT2D eigenvalue weighted by Crippen LogP contribution is -2.58. The Balaban J connectivity index is 1.31. The first-order valence-electron chi connectivity index (χ1n) is 14.7. The Labute approximate surface area is 238 Å². The van der Waals surface area contributed by atoms with Gasteiger partial charge in [0.15, 0.2) is 0 Å². The fourth-order valence-electron chi connectivity index (χ4n) is 7.70. The monoisotopic (exact) mass is 572 g/mol. The van der Waals surface area contributed by atoms with Crippen molar-refractivity contribution in [2.75, 3.05) is 0 Å². The summed E-state index contributed by atoms with van der Waals surface area (Å²) in [6, 6.07) is 12.3. The first-order chi connectivity index (χ1) is 19.3. The van der Waals surface area contributed by atoms with Gasteiger partial charge in [-0.2, -0.15) is 13.2 Å². The minimum Gasteiger partial charge on any atom is -0.335 e. The van der Waals surface area contributed by atoms with E-state index in [1.165, 1.54) is 35.4 Å². The second-order valence-corrected chi connectivity index (χ2v) is 12.9. The third kappa shape index (κ3) is 5.44. The van der Waals surface area contributed by atoms with E-state index in [9.17, 15) is 26.7 Å². The normalized spacial score (nSPS) is 27.8. The molecule has 220 valence electrons. The SMILES string of the molecule is CC(C)[C@H]1CC2=C3C[C@@H](N(Cc4ccc(C(C)(F)F)cc4)Cc4ccc(C(F)(F)F)cc4)C[C@H]4CCC(=O)N1C4C32. The highest BCUT2D eigenvalue weighted by atomic mass is 19.4. The van der Waals surface area contributed by atoms with Crippen LogP contribution in [0.3, 0.4) is 0 Å². The van der Waals surface area contributed by atoms with Crippen LogP contribution in [0, 0.1) is 17.8 Å². The standard InChI is InChI=1S/C33H37F5N2O/c1-19(2)28-16-27-26-15-25(14-22-8-13-29(41)40(28)31(22)30(26)27)39(17-20-4-9-23(10-5-20)32(3,34)35)18-21-6-11-24(12-7-21)33(36,37)38/h4-7,9-12,19,22,25,28,30-31H,8,13-18H2,1-3H3/t22-,25+,28-,30?,31?/m1/s1. The Morgan fingerprint density at radius 2 is 1.44 bits per heavy atom. The quantitative estimate of drug-likeness (QED) is 0.248. The highest BCUT2D eigenvalue weighted by molar-refractivity contribution is 5.79. The predicted molar refractivity (Wildman–Crippen MR) is 147 cm³/mol. The summed E-state index contributed by atoms with van der Waals surface area (Å²) in [5, 5.41) is 0. The number of hydrogen-bond acceptors (Lipinski definition) is 2. The molecule has 0 bridgehead atoms. The highest BCUT2D eigenvalue weighted by Gasteiger charge is 2.58. The number of halogens is 5. The van der Waals surface area contributed by atoms with Gasteiger partial charge in [-0.15, -0.1) is 0 Å². The number of carbonyl (C=O) groups excluding carboxylic acids is 1. The van der Waals surface area contributed by atoms with Crippen LogP contribution in [0.4, 0.5) is 22.0 Å². The molecule has 2 saturated heterocycles. The maximum atomic E-state index is 13.8. The van der Waals surface area contributed by atoms with Gasteiger partial charge in [0.2, 0.25) is 5.91 Å². The minimum absolute atomic E-state index is 0.0442. The van der Waals surface area contributed by atoms with E-state index in [-0.39, 0.29) is 29.6 Å². The lowest BCUT2D eigenvalue weighted by atomic mass is 9.76. The number of alkyl halides is 5. The second kappa shape index (κ2) is 10.2. The third-order valence-corrected chi connectivity index (χ3v) is 9.86. The number of amides is 1. The number of benzene rings is 2. The van der Waals surface area contributed by atoms with E-state index in [0.717, 1.165) is 55.9 Å². The molecule has 3 nitrogen and oxygen atoms in total. The molecule has 2 aliphatic carbocycles. The topological polar surface area (TPSA) is 23.6 Å². The Kier molecular flexibility index (Phi) is 7.07. The average Bonchev–Trinajstić information content (AvgIpc) is 3.63. The summed E-state index contributed by atoms with van der Waals surface area (Å²) in [5.41, 5.74) is 3.93. The summed E-state index contributed by atoms with van der Waals surface area (Å²) in [6.07, 6.45) is -0.269. The van der Waals surface area contributed by atoms with Crippen molar-refractivity contribution in [3.05, 3.63) is 81.9 Å². The van der Waals surface area contributed by atoms with Crippen LogP contribution >= 0.6 is 0 Å². The predicted octanol–water partition coefficient (Wildman–Crippen LogP) is 7.94. The van der Waals surface area contributed by atoms with Crippen LogP contribution in [0.1, 0.15) is 75.1 Å². The van der Waals surface area contributed by atoms with Crippen molar-refractivity contribution in [3.8, 4) is 0 Å². The molecule has 4 aliphatic rings. The van der Waals surface area contributed by atoms with E-state index in [0.29, 0.717) is 37.3 Å². The molecular formula is C33H37F5N2O. The molecule has 0 radical (unpaired) electrons. The molecule has 1 saturated carbocycles. The molecular weight excluding hydrogens is 535 g/mol. The number of carbonyl (C=O) groups is 1. The molecule has 2 aromatic rings. The van der Waals surface area contributed by atoms with Crippen LogP contribution in [0.5, 0.6) is 0 Å². The Morgan fingerprint density at radius 1 is 0.878 bits per heavy atom. The molecule has 0 spiro atoms. The summed E-state index contributed by atoms with van der Waals surface area (Å²) in [6.45, 7) is 6.23. The van der Waals surface area contributed by atoms with Gasteiger partial charge in [-0.25, -0.2) is 8.78 Å². The Morgan fingerprint density at radius 3 is 1.98 bits per heavy atom. The summed E-state index contributed by atoms with van der Waals surface area (Å²) >= 11 is 0. The number of rotatable bonds is 7. The van der Waals surface area contributed by atoms with Gasteiger partial charge in [0.25, 0.3) is 5.92 Å². The number of nitrogens with zero attached hydrogens (tertiary/aromatic N) is 2. The lowest BCUT2D eigenvalue weighted by molar-refractivity contribution is -0.146. The van der Waals surface area contributed by atoms with Gasteiger partial charge in [0.1, 0.15) is 0 Å². The maximum Gasteiger partial charge on any atom is 0.416 e. The zero-order chi connectivity index (χ0) is 29.3. The Hall–Kier alpha value is -2.74. The van der Waals surface area contributed by atoms with Crippen molar-refractivity contribution in [2.24, 2.45) is 17.8 Å². The van der Waals surface area contributed by atoms with Gasteiger partial charge in [0, 0.05) is 56.0 Å². The van der Waals surface area contributed by atoms with Crippen LogP contribution < -0.4 is 0 Å². The highest BCUT2D eigenvalue weighted by Crippen LogP contribution is 2.60. The lowest BCUT2D eigenvalue weighted by Gasteiger charge is -2.50. The van der Waals surface area contributed by atoms with E-state index >= 15 is 0 Å². The van der Waals surface area contributed by atoms with Gasteiger partial charge in [-0.3, -0.25) is 9.69 Å². The van der Waals surface area contributed by atoms with E-state index in [1.54, 1.807) is 12.1 Å². The summed E-state index contributed by atoms with van der Waals surface area (Å²) in [7, 11) is 0. The Bertz CT molecular complexity index is 1270. The molecule has 2 aliphatic heterocycles. The van der Waals surface area contributed by atoms with Crippen molar-refractivity contribution in [3.63, 3.8) is 0 Å². The number of hydrogen-bond donors (Lipinski definition) is 0. The summed E-state index contributed by atoms with van der Waals surface area (Å²) < 4.78 is 67.3. The van der Waals surface area contributed by atoms with Crippen LogP contribution in [0.25, 0.3) is 0 Å². The molecule has 2 unspecified atom stereocenters. The van der Waals surface area contributed by atoms with E-state index < -0.39 is 17.7 Å². The molecule has 8 heteroatoms. The van der Waals surface area contributed by atoms with Crippen LogP contribution in [0.15, 0.2) is 59.7 Å². The van der Waals surface area contributed by atoms with Crippen molar-refractivity contribution in [1.29, 1.82) is 0 Å². The zero-order valence-corrected chi connectivity index (χ0v) is 23.7. The van der Waals surface area contributed by atoms with Gasteiger partial charge in [-0.05, 0) is 60.8 Å². The molecule has 0 aromatic heterocycles. The smallest absolute Gasteiger partial charge is 0.335 e. The number of piperidine rings is 2. The van der Waals surface area contributed by atoms with E-state index in [4.69, 9.17) is 0 Å². The summed E-state index contributed by atoms with van der Waals surface area (Å²) in [5.74, 6) is -1.54. The van der Waals surface area contributed by atoms with E-state index in [1.807, 2.05) is 0 Å². The van der Waals surface area contributed by atoms with Gasteiger partial charge in [-0.1, -0.05) is 61.4 Å². The fourth-order valence-corrected chi connectivity index (χ4v) is 7.70. The van der Waals surface area contributed by atoms with Crippen LogP contribution in [0.2, 0.25) is 0 Å². The van der Waals surface area contributed by atoms with Crippen LogP contribution in [-0.2, 0) is 30.0 Å². The molecule has 0 N–H and O–H groups in total. The van der Waals surface area contributed by atoms with Crippen molar-refractivity contribution in [2.45, 2.75) is 96.2 Å². The van der Waals surface area contributed by atoms with Gasteiger partial charge < -0.3 is 4.90 Å². The molecule has 41 heavy (non-hydrogen) atoms. The van der Waals surface area contributed by atoms with Gasteiger partial charge >= 0.3 is 6.18 Å². The van der Waals surface area contributed by atoms with Gasteiger partial charge in [0.05, 0.1) is 5.56 Å². The second-order valence-electron chi connectivity index (χ2n) is 12.9. The molecule has 1 amide bonds. The van der Waals surface area contributed by atoms with E-state index in [2.05, 4.69) is 23.6 Å². The molecule has 3 fully saturated rings. The largest absolute Gasteiger partial charge is 0.416 e. The third-order valence-electron chi connectivity index (χ3n) is 9.86. The molecule has 6 rings (SSSR count). The zero-order valence-electron chi connectivity index (χ0n) is 23.7. The molecule has 2 aromatic carbocycles. The van der Waals surface area contributed by atoms with Crippen molar-refractivity contribution >= 4 is 5.91 Å². The molecule has 5 atom stereocenters. The fraction of sp³-hybridized carbons (Fsp3) is 0.545. The minimum atomic E-state index is -4.40. The molecule has 2 heterocycles. The van der Waals surface area contributed by atoms with Crippen molar-refractivity contribution in [1.82, 2.24) is 9.80 Å². The first kappa shape index (κ1) is 28.4.